The number of alkyl halides is 1. The fraction of sp³-hybridized carbons (Fsp3) is 0.900. The zero-order chi connectivity index (χ0) is 9.52. The first kappa shape index (κ1) is 10.8. The van der Waals surface area contributed by atoms with Crippen LogP contribution < -0.4 is 5.32 Å². The van der Waals surface area contributed by atoms with Crippen molar-refractivity contribution in [1.82, 2.24) is 5.32 Å². The zero-order valence-electron chi connectivity index (χ0n) is 8.02. The average molecular weight is 204 g/mol. The molecular formula is C10H18ClNO. The summed E-state index contributed by atoms with van der Waals surface area (Å²) in [6, 6.07) is 0. The van der Waals surface area contributed by atoms with E-state index in [4.69, 9.17) is 11.6 Å². The standard InChI is InChI=1S/C10H18ClNO/c11-6-4-2-1-3-5-9-7-10(13)12-8-9/h9H,1-8H2,(H,12,13). The fourth-order valence-electron chi connectivity index (χ4n) is 1.75. The van der Waals surface area contributed by atoms with Crippen LogP contribution in [0.15, 0.2) is 0 Å². The maximum absolute atomic E-state index is 10.9. The third-order valence-electron chi connectivity index (χ3n) is 2.56. The van der Waals surface area contributed by atoms with Crippen LogP contribution >= 0.6 is 11.6 Å². The number of halogens is 1. The first-order valence-electron chi connectivity index (χ1n) is 5.15. The van der Waals surface area contributed by atoms with E-state index in [1.165, 1.54) is 25.7 Å². The molecule has 0 aromatic heterocycles. The third-order valence-corrected chi connectivity index (χ3v) is 2.83. The Morgan fingerprint density at radius 3 is 2.69 bits per heavy atom. The van der Waals surface area contributed by atoms with Crippen LogP contribution in [0.4, 0.5) is 0 Å². The van der Waals surface area contributed by atoms with Crippen molar-refractivity contribution in [3.8, 4) is 0 Å². The average Bonchev–Trinajstić information content (AvgIpc) is 2.51. The van der Waals surface area contributed by atoms with Crippen LogP contribution in [0, 0.1) is 5.92 Å². The molecule has 1 rings (SSSR count). The third kappa shape index (κ3) is 4.51. The van der Waals surface area contributed by atoms with Crippen molar-refractivity contribution in [2.45, 2.75) is 38.5 Å². The van der Waals surface area contributed by atoms with Gasteiger partial charge in [0.15, 0.2) is 0 Å². The molecule has 1 saturated heterocycles. The van der Waals surface area contributed by atoms with E-state index >= 15 is 0 Å². The number of amides is 1. The highest BCUT2D eigenvalue weighted by Crippen LogP contribution is 2.17. The van der Waals surface area contributed by atoms with Gasteiger partial charge >= 0.3 is 0 Å². The summed E-state index contributed by atoms with van der Waals surface area (Å²) in [4.78, 5) is 10.9. The van der Waals surface area contributed by atoms with Crippen molar-refractivity contribution in [3.63, 3.8) is 0 Å². The molecule has 76 valence electrons. The van der Waals surface area contributed by atoms with Crippen molar-refractivity contribution in [2.24, 2.45) is 5.92 Å². The summed E-state index contributed by atoms with van der Waals surface area (Å²) in [6.07, 6.45) is 6.81. The summed E-state index contributed by atoms with van der Waals surface area (Å²) >= 11 is 5.57. The molecule has 1 atom stereocenters. The molecule has 1 N–H and O–H groups in total. The van der Waals surface area contributed by atoms with Crippen LogP contribution in [-0.4, -0.2) is 18.3 Å². The van der Waals surface area contributed by atoms with Gasteiger partial charge in [-0.05, 0) is 18.8 Å². The Morgan fingerprint density at radius 2 is 2.08 bits per heavy atom. The van der Waals surface area contributed by atoms with Gasteiger partial charge in [0.25, 0.3) is 0 Å². The predicted molar refractivity (Wildman–Crippen MR) is 54.9 cm³/mol. The number of hydrogen-bond acceptors (Lipinski definition) is 1. The van der Waals surface area contributed by atoms with Gasteiger partial charge in [-0.2, -0.15) is 0 Å². The highest BCUT2D eigenvalue weighted by molar-refractivity contribution is 6.17. The minimum Gasteiger partial charge on any atom is -0.356 e. The molecular weight excluding hydrogens is 186 g/mol. The number of hydrogen-bond donors (Lipinski definition) is 1. The van der Waals surface area contributed by atoms with Crippen LogP contribution in [-0.2, 0) is 4.79 Å². The predicted octanol–water partition coefficient (Wildman–Crippen LogP) is 2.31. The molecule has 0 saturated carbocycles. The number of carbonyl (C=O) groups excluding carboxylic acids is 1. The lowest BCUT2D eigenvalue weighted by Gasteiger charge is -2.05. The molecule has 1 amide bonds. The first-order valence-corrected chi connectivity index (χ1v) is 5.69. The van der Waals surface area contributed by atoms with E-state index in [0.29, 0.717) is 5.92 Å². The number of rotatable bonds is 6. The SMILES string of the molecule is O=C1CC(CCCCCCCl)CN1. The van der Waals surface area contributed by atoms with E-state index in [1.54, 1.807) is 0 Å². The maximum Gasteiger partial charge on any atom is 0.220 e. The molecule has 1 heterocycles. The molecule has 1 fully saturated rings. The molecule has 1 unspecified atom stereocenters. The molecule has 3 heteroatoms. The Morgan fingerprint density at radius 1 is 1.31 bits per heavy atom. The monoisotopic (exact) mass is 203 g/mol. The van der Waals surface area contributed by atoms with Crippen molar-refractivity contribution < 1.29 is 4.79 Å². The van der Waals surface area contributed by atoms with Crippen molar-refractivity contribution in [1.29, 1.82) is 0 Å². The second-order valence-corrected chi connectivity index (χ2v) is 4.14. The van der Waals surface area contributed by atoms with Gasteiger partial charge in [0.2, 0.25) is 5.91 Å². The second-order valence-electron chi connectivity index (χ2n) is 3.77. The van der Waals surface area contributed by atoms with Gasteiger partial charge in [0, 0.05) is 18.8 Å². The molecule has 0 aromatic carbocycles. The van der Waals surface area contributed by atoms with Crippen molar-refractivity contribution >= 4 is 17.5 Å². The van der Waals surface area contributed by atoms with Crippen LogP contribution in [0.1, 0.15) is 38.5 Å². The summed E-state index contributed by atoms with van der Waals surface area (Å²) in [5, 5.41) is 2.86. The summed E-state index contributed by atoms with van der Waals surface area (Å²) in [5.41, 5.74) is 0. The van der Waals surface area contributed by atoms with Crippen LogP contribution in [0.25, 0.3) is 0 Å². The Bertz CT molecular complexity index is 161. The molecule has 0 radical (unpaired) electrons. The van der Waals surface area contributed by atoms with Gasteiger partial charge in [-0.1, -0.05) is 19.3 Å². The zero-order valence-corrected chi connectivity index (χ0v) is 8.78. The van der Waals surface area contributed by atoms with E-state index in [1.807, 2.05) is 0 Å². The normalized spacial score (nSPS) is 21.9. The number of unbranched alkanes of at least 4 members (excludes halogenated alkanes) is 3. The van der Waals surface area contributed by atoms with Crippen LogP contribution in [0.5, 0.6) is 0 Å². The molecule has 0 aliphatic carbocycles. The highest BCUT2D eigenvalue weighted by Gasteiger charge is 2.20. The van der Waals surface area contributed by atoms with Gasteiger partial charge < -0.3 is 5.32 Å². The quantitative estimate of drug-likeness (QED) is 0.521. The maximum atomic E-state index is 10.9. The van der Waals surface area contributed by atoms with E-state index in [2.05, 4.69) is 5.32 Å². The van der Waals surface area contributed by atoms with E-state index in [9.17, 15) is 4.79 Å². The molecule has 1 aliphatic heterocycles. The second kappa shape index (κ2) is 6.25. The molecule has 0 spiro atoms. The minimum atomic E-state index is 0.228. The van der Waals surface area contributed by atoms with E-state index < -0.39 is 0 Å². The molecule has 13 heavy (non-hydrogen) atoms. The van der Waals surface area contributed by atoms with Crippen LogP contribution in [0.3, 0.4) is 0 Å². The highest BCUT2D eigenvalue weighted by atomic mass is 35.5. The van der Waals surface area contributed by atoms with Crippen molar-refractivity contribution in [3.05, 3.63) is 0 Å². The Labute approximate surface area is 85.0 Å². The smallest absolute Gasteiger partial charge is 0.220 e. The lowest BCUT2D eigenvalue weighted by molar-refractivity contribution is -0.119. The molecule has 2 nitrogen and oxygen atoms in total. The summed E-state index contributed by atoms with van der Waals surface area (Å²) in [7, 11) is 0. The molecule has 0 bridgehead atoms. The van der Waals surface area contributed by atoms with E-state index in [0.717, 1.165) is 25.3 Å². The van der Waals surface area contributed by atoms with Gasteiger partial charge in [0.05, 0.1) is 0 Å². The summed E-state index contributed by atoms with van der Waals surface area (Å²) in [5.74, 6) is 1.61. The van der Waals surface area contributed by atoms with Gasteiger partial charge in [-0.3, -0.25) is 4.79 Å². The lowest BCUT2D eigenvalue weighted by Crippen LogP contribution is -2.13. The topological polar surface area (TPSA) is 29.1 Å². The Kier molecular flexibility index (Phi) is 5.21. The van der Waals surface area contributed by atoms with Gasteiger partial charge in [0.1, 0.15) is 0 Å². The van der Waals surface area contributed by atoms with Gasteiger partial charge in [-0.25, -0.2) is 0 Å². The summed E-state index contributed by atoms with van der Waals surface area (Å²) < 4.78 is 0. The minimum absolute atomic E-state index is 0.228. The number of nitrogens with one attached hydrogen (secondary N) is 1. The van der Waals surface area contributed by atoms with Gasteiger partial charge in [-0.15, -0.1) is 11.6 Å². The number of carbonyl (C=O) groups is 1. The molecule has 1 aliphatic rings. The molecule has 0 aromatic rings. The van der Waals surface area contributed by atoms with Crippen molar-refractivity contribution in [2.75, 3.05) is 12.4 Å². The largest absolute Gasteiger partial charge is 0.356 e. The fourth-order valence-corrected chi connectivity index (χ4v) is 1.94. The summed E-state index contributed by atoms with van der Waals surface area (Å²) in [6.45, 7) is 0.897. The Balaban J connectivity index is 1.91. The first-order chi connectivity index (χ1) is 6.33. The lowest BCUT2D eigenvalue weighted by atomic mass is 10.0. The Hall–Kier alpha value is -0.240. The van der Waals surface area contributed by atoms with Crippen LogP contribution in [0.2, 0.25) is 0 Å². The van der Waals surface area contributed by atoms with E-state index in [-0.39, 0.29) is 5.91 Å².